The van der Waals surface area contributed by atoms with Crippen molar-refractivity contribution in [2.45, 2.75) is 51.6 Å². The Hall–Kier alpha value is -0.783. The van der Waals surface area contributed by atoms with Gasteiger partial charge in [0.15, 0.2) is 14.1 Å². The van der Waals surface area contributed by atoms with Crippen LogP contribution in [0.1, 0.15) is 33.4 Å². The lowest BCUT2D eigenvalue weighted by Gasteiger charge is -2.41. The van der Waals surface area contributed by atoms with Gasteiger partial charge in [-0.2, -0.15) is 0 Å². The van der Waals surface area contributed by atoms with Gasteiger partial charge in [0.1, 0.15) is 5.82 Å². The maximum absolute atomic E-state index is 12.8. The first-order valence-corrected chi connectivity index (χ1v) is 8.91. The van der Waals surface area contributed by atoms with Crippen molar-refractivity contribution < 1.29 is 13.9 Å². The summed E-state index contributed by atoms with van der Waals surface area (Å²) in [6, 6.07) is 2.72. The number of pyridine rings is 1. The maximum Gasteiger partial charge on any atom is 0.197 e. The van der Waals surface area contributed by atoms with Crippen LogP contribution in [0.4, 0.5) is 4.39 Å². The van der Waals surface area contributed by atoms with Gasteiger partial charge in [-0.15, -0.1) is 0 Å². The van der Waals surface area contributed by atoms with E-state index >= 15 is 0 Å². The van der Waals surface area contributed by atoms with Crippen LogP contribution in [-0.2, 0) is 10.2 Å². The highest BCUT2D eigenvalue weighted by atomic mass is 28.4. The SMILES string of the molecule is CC(O)(O[Si](C)(C)C(C)(C)C)c1ccc(F)cn1. The largest absolute Gasteiger partial charge is 0.386 e. The third-order valence-electron chi connectivity index (χ3n) is 3.46. The first-order valence-electron chi connectivity index (χ1n) is 6.00. The minimum Gasteiger partial charge on any atom is -0.386 e. The van der Waals surface area contributed by atoms with Gasteiger partial charge in [0.05, 0.1) is 11.9 Å². The topological polar surface area (TPSA) is 42.4 Å². The van der Waals surface area contributed by atoms with E-state index in [2.05, 4.69) is 25.8 Å². The zero-order valence-corrected chi connectivity index (χ0v) is 12.9. The average molecular weight is 271 g/mol. The lowest BCUT2D eigenvalue weighted by atomic mass is 10.2. The zero-order valence-electron chi connectivity index (χ0n) is 11.9. The molecule has 0 aliphatic rings. The van der Waals surface area contributed by atoms with Crippen LogP contribution in [0.2, 0.25) is 18.1 Å². The van der Waals surface area contributed by atoms with Crippen LogP contribution in [-0.4, -0.2) is 18.4 Å². The highest BCUT2D eigenvalue weighted by Crippen LogP contribution is 2.40. The Morgan fingerprint density at radius 2 is 1.78 bits per heavy atom. The molecular formula is C13H22FNO2Si. The smallest absolute Gasteiger partial charge is 0.197 e. The number of aromatic nitrogens is 1. The van der Waals surface area contributed by atoms with E-state index in [0.717, 1.165) is 6.20 Å². The molecular weight excluding hydrogens is 249 g/mol. The van der Waals surface area contributed by atoms with E-state index in [9.17, 15) is 9.50 Å². The highest BCUT2D eigenvalue weighted by molar-refractivity contribution is 6.74. The molecule has 0 aromatic carbocycles. The monoisotopic (exact) mass is 271 g/mol. The summed E-state index contributed by atoms with van der Waals surface area (Å²) in [5.74, 6) is -1.92. The molecule has 0 radical (unpaired) electrons. The molecule has 1 N–H and O–H groups in total. The maximum atomic E-state index is 12.8. The second-order valence-corrected chi connectivity index (χ2v) is 10.9. The molecule has 0 saturated heterocycles. The molecule has 0 aliphatic carbocycles. The zero-order chi connectivity index (χ0) is 14.2. The van der Waals surface area contributed by atoms with Crippen LogP contribution >= 0.6 is 0 Å². The summed E-state index contributed by atoms with van der Waals surface area (Å²) in [5, 5.41) is 10.4. The molecule has 18 heavy (non-hydrogen) atoms. The fraction of sp³-hybridized carbons (Fsp3) is 0.615. The molecule has 0 fully saturated rings. The Morgan fingerprint density at radius 1 is 1.22 bits per heavy atom. The van der Waals surface area contributed by atoms with E-state index in [-0.39, 0.29) is 5.04 Å². The lowest BCUT2D eigenvalue weighted by molar-refractivity contribution is -0.142. The first-order chi connectivity index (χ1) is 7.96. The van der Waals surface area contributed by atoms with Gasteiger partial charge in [0.2, 0.25) is 0 Å². The Bertz CT molecular complexity index is 410. The summed E-state index contributed by atoms with van der Waals surface area (Å²) in [7, 11) is -2.12. The number of aliphatic hydroxyl groups is 1. The number of rotatable bonds is 3. The Kier molecular flexibility index (Phi) is 4.00. The Labute approximate surface area is 109 Å². The molecule has 5 heteroatoms. The minimum absolute atomic E-state index is 0.0168. The van der Waals surface area contributed by atoms with Crippen LogP contribution < -0.4 is 0 Å². The van der Waals surface area contributed by atoms with Crippen LogP contribution in [0.3, 0.4) is 0 Å². The third-order valence-corrected chi connectivity index (χ3v) is 7.98. The summed E-state index contributed by atoms with van der Waals surface area (Å²) in [4.78, 5) is 3.89. The normalized spacial score (nSPS) is 16.4. The standard InChI is InChI=1S/C13H22FNO2Si/c1-12(2,3)18(5,6)17-13(4,16)11-8-7-10(14)9-15-11/h7-9,16H,1-6H3. The summed E-state index contributed by atoms with van der Waals surface area (Å²) in [5.41, 5.74) is 0.328. The van der Waals surface area contributed by atoms with Gasteiger partial charge in [-0.25, -0.2) is 4.39 Å². The molecule has 0 bridgehead atoms. The lowest BCUT2D eigenvalue weighted by Crippen LogP contribution is -2.47. The number of halogens is 1. The molecule has 0 amide bonds. The summed E-state index contributed by atoms with van der Waals surface area (Å²) in [6.45, 7) is 11.9. The molecule has 0 saturated carbocycles. The molecule has 1 unspecified atom stereocenters. The van der Waals surface area contributed by atoms with Gasteiger partial charge in [-0.05, 0) is 37.2 Å². The van der Waals surface area contributed by atoms with Crippen LogP contribution in [0.5, 0.6) is 0 Å². The summed E-state index contributed by atoms with van der Waals surface area (Å²) >= 11 is 0. The second-order valence-electron chi connectivity index (χ2n) is 6.21. The molecule has 1 aromatic rings. The van der Waals surface area contributed by atoms with Crippen molar-refractivity contribution in [1.29, 1.82) is 0 Å². The first kappa shape index (κ1) is 15.3. The van der Waals surface area contributed by atoms with Crippen LogP contribution in [0, 0.1) is 5.82 Å². The van der Waals surface area contributed by atoms with Gasteiger partial charge >= 0.3 is 0 Å². The van der Waals surface area contributed by atoms with Crippen LogP contribution in [0.25, 0.3) is 0 Å². The van der Waals surface area contributed by atoms with Crippen LogP contribution in [0.15, 0.2) is 18.3 Å². The Balaban J connectivity index is 2.98. The molecule has 1 rings (SSSR count). The fourth-order valence-corrected chi connectivity index (χ4v) is 2.76. The Morgan fingerprint density at radius 3 is 2.17 bits per heavy atom. The minimum atomic E-state index is -2.12. The van der Waals surface area contributed by atoms with E-state index in [1.165, 1.54) is 12.1 Å². The van der Waals surface area contributed by atoms with E-state index in [1.807, 2.05) is 13.1 Å². The predicted octanol–water partition coefficient (Wildman–Crippen LogP) is 3.41. The number of nitrogens with zero attached hydrogens (tertiary/aromatic N) is 1. The second kappa shape index (κ2) is 4.72. The molecule has 3 nitrogen and oxygen atoms in total. The highest BCUT2D eigenvalue weighted by Gasteiger charge is 2.43. The van der Waals surface area contributed by atoms with Crippen molar-refractivity contribution in [3.63, 3.8) is 0 Å². The van der Waals surface area contributed by atoms with Crippen molar-refractivity contribution >= 4 is 8.32 Å². The molecule has 1 atom stereocenters. The van der Waals surface area contributed by atoms with Crippen molar-refractivity contribution in [2.75, 3.05) is 0 Å². The van der Waals surface area contributed by atoms with Crippen molar-refractivity contribution in [3.8, 4) is 0 Å². The predicted molar refractivity (Wildman–Crippen MR) is 72.0 cm³/mol. The van der Waals surface area contributed by atoms with E-state index in [1.54, 1.807) is 6.92 Å². The number of hydrogen-bond acceptors (Lipinski definition) is 3. The summed E-state index contributed by atoms with van der Waals surface area (Å²) < 4.78 is 18.8. The average Bonchev–Trinajstić information content (AvgIpc) is 2.14. The van der Waals surface area contributed by atoms with Gasteiger partial charge in [-0.1, -0.05) is 20.8 Å². The van der Waals surface area contributed by atoms with Crippen molar-refractivity contribution in [2.24, 2.45) is 0 Å². The van der Waals surface area contributed by atoms with E-state index < -0.39 is 19.9 Å². The molecule has 1 heterocycles. The van der Waals surface area contributed by atoms with E-state index in [0.29, 0.717) is 5.69 Å². The molecule has 0 spiro atoms. The third kappa shape index (κ3) is 3.37. The van der Waals surface area contributed by atoms with Gasteiger partial charge in [-0.3, -0.25) is 4.98 Å². The fourth-order valence-electron chi connectivity index (χ4n) is 1.35. The van der Waals surface area contributed by atoms with Gasteiger partial charge in [0, 0.05) is 0 Å². The summed E-state index contributed by atoms with van der Waals surface area (Å²) in [6.07, 6.45) is 1.08. The molecule has 0 aliphatic heterocycles. The van der Waals surface area contributed by atoms with Gasteiger partial charge in [0.25, 0.3) is 0 Å². The molecule has 1 aromatic heterocycles. The molecule has 102 valence electrons. The van der Waals surface area contributed by atoms with E-state index in [4.69, 9.17) is 4.43 Å². The quantitative estimate of drug-likeness (QED) is 0.676. The van der Waals surface area contributed by atoms with Crippen molar-refractivity contribution in [3.05, 3.63) is 29.8 Å². The van der Waals surface area contributed by atoms with Crippen molar-refractivity contribution in [1.82, 2.24) is 4.98 Å². The van der Waals surface area contributed by atoms with Gasteiger partial charge < -0.3 is 9.53 Å². The number of hydrogen-bond donors (Lipinski definition) is 1.